The van der Waals surface area contributed by atoms with Crippen LogP contribution >= 0.6 is 23.4 Å². The molecule has 0 aliphatic carbocycles. The summed E-state index contributed by atoms with van der Waals surface area (Å²) in [6.07, 6.45) is 2.36. The molecule has 0 bridgehead atoms. The van der Waals surface area contributed by atoms with Crippen LogP contribution in [0.2, 0.25) is 5.02 Å². The van der Waals surface area contributed by atoms with Crippen LogP contribution in [0.4, 0.5) is 0 Å². The molecule has 3 fully saturated rings. The van der Waals surface area contributed by atoms with Crippen LogP contribution in [0.25, 0.3) is 0 Å². The Hall–Kier alpha value is -0.340. The molecule has 3 saturated heterocycles. The summed E-state index contributed by atoms with van der Waals surface area (Å²) in [7, 11) is 0. The predicted octanol–water partition coefficient (Wildman–Crippen LogP) is 2.55. The molecule has 4 rings (SSSR count). The molecule has 1 aromatic carbocycles. The number of thioether (sulfide) groups is 1. The lowest BCUT2D eigenvalue weighted by molar-refractivity contribution is 0.0668. The summed E-state index contributed by atoms with van der Waals surface area (Å²) in [5.41, 5.74) is 11.8. The van der Waals surface area contributed by atoms with Gasteiger partial charge in [-0.15, -0.1) is 0 Å². The van der Waals surface area contributed by atoms with Gasteiger partial charge in [-0.2, -0.15) is 0 Å². The van der Waals surface area contributed by atoms with Gasteiger partial charge in [0.2, 0.25) is 0 Å². The molecule has 0 amide bonds. The fraction of sp³-hybridized carbons (Fsp3) is 0.667. The normalized spacial score (nSPS) is 35.8. The molecule has 4 N–H and O–H groups in total. The van der Waals surface area contributed by atoms with Gasteiger partial charge in [0.1, 0.15) is 11.0 Å². The van der Waals surface area contributed by atoms with Crippen molar-refractivity contribution in [2.75, 3.05) is 19.6 Å². The molecular formula is C18H28ClN5S. The Morgan fingerprint density at radius 1 is 1.28 bits per heavy atom. The van der Waals surface area contributed by atoms with E-state index in [1.165, 1.54) is 18.4 Å². The number of nitrogens with two attached hydrogens (primary N) is 1. The number of halogens is 1. The van der Waals surface area contributed by atoms with E-state index in [1.54, 1.807) is 0 Å². The summed E-state index contributed by atoms with van der Waals surface area (Å²) in [5, 5.41) is 6.95. The van der Waals surface area contributed by atoms with Gasteiger partial charge >= 0.3 is 0 Å². The lowest BCUT2D eigenvalue weighted by Gasteiger charge is -2.41. The Morgan fingerprint density at radius 2 is 2.00 bits per heavy atom. The van der Waals surface area contributed by atoms with Crippen molar-refractivity contribution in [3.8, 4) is 0 Å². The zero-order valence-corrected chi connectivity index (χ0v) is 16.5. The number of nitrogens with zero attached hydrogens (tertiary/aromatic N) is 2. The van der Waals surface area contributed by atoms with Gasteiger partial charge in [-0.3, -0.25) is 10.2 Å². The Kier molecular flexibility index (Phi) is 5.05. The van der Waals surface area contributed by atoms with E-state index in [4.69, 9.17) is 17.3 Å². The second-order valence-corrected chi connectivity index (χ2v) is 9.41. The lowest BCUT2D eigenvalue weighted by Crippen LogP contribution is -2.52. The van der Waals surface area contributed by atoms with Crippen molar-refractivity contribution in [2.24, 2.45) is 11.1 Å². The first kappa shape index (κ1) is 18.0. The third-order valence-electron chi connectivity index (χ3n) is 6.08. The highest BCUT2D eigenvalue weighted by atomic mass is 35.5. The Balaban J connectivity index is 1.40. The van der Waals surface area contributed by atoms with Crippen molar-refractivity contribution < 1.29 is 0 Å². The minimum atomic E-state index is 0.251. The molecule has 3 heterocycles. The van der Waals surface area contributed by atoms with Crippen molar-refractivity contribution in [3.05, 3.63) is 34.9 Å². The van der Waals surface area contributed by atoms with Crippen molar-refractivity contribution in [3.63, 3.8) is 0 Å². The molecule has 4 unspecified atom stereocenters. The van der Waals surface area contributed by atoms with Crippen molar-refractivity contribution in [1.29, 1.82) is 0 Å². The van der Waals surface area contributed by atoms with Gasteiger partial charge in [0, 0.05) is 24.2 Å². The van der Waals surface area contributed by atoms with Gasteiger partial charge < -0.3 is 5.73 Å². The summed E-state index contributed by atoms with van der Waals surface area (Å²) in [5.74, 6) is 0. The molecule has 25 heavy (non-hydrogen) atoms. The molecule has 0 radical (unpaired) electrons. The molecule has 1 aromatic rings. The zero-order chi connectivity index (χ0) is 17.6. The van der Waals surface area contributed by atoms with E-state index < -0.39 is 0 Å². The number of hydrazine groups is 1. The average molecular weight is 382 g/mol. The van der Waals surface area contributed by atoms with Gasteiger partial charge in [0.15, 0.2) is 0 Å². The molecule has 4 atom stereocenters. The predicted molar refractivity (Wildman–Crippen MR) is 105 cm³/mol. The first-order valence-corrected chi connectivity index (χ1v) is 10.5. The standard InChI is InChI=1S/C18H28ClN5S/c1-12-15(13-5-3-4-6-14(13)19)21-16-24(12)22-17(25-16)23-9-7-18(2,11-20)8-10-23/h3-6,12,15-17,21-22H,7-11,20H2,1-2H3. The second-order valence-electron chi connectivity index (χ2n) is 7.83. The smallest absolute Gasteiger partial charge is 0.124 e. The highest BCUT2D eigenvalue weighted by molar-refractivity contribution is 8.00. The van der Waals surface area contributed by atoms with Crippen LogP contribution in [0.3, 0.4) is 0 Å². The molecule has 5 nitrogen and oxygen atoms in total. The van der Waals surface area contributed by atoms with Gasteiger partial charge in [0.25, 0.3) is 0 Å². The minimum absolute atomic E-state index is 0.251. The topological polar surface area (TPSA) is 56.6 Å². The number of benzene rings is 1. The Labute approximate surface area is 159 Å². The van der Waals surface area contributed by atoms with Crippen LogP contribution in [0, 0.1) is 5.41 Å². The SMILES string of the molecule is CC1C(c2ccccc2Cl)NC2SC(N3CCC(C)(CN)CC3)NN21. The van der Waals surface area contributed by atoms with Crippen LogP contribution in [0.1, 0.15) is 38.3 Å². The number of fused-ring (bicyclic) bond motifs is 1. The highest BCUT2D eigenvalue weighted by Gasteiger charge is 2.47. The van der Waals surface area contributed by atoms with Crippen molar-refractivity contribution in [2.45, 2.75) is 49.8 Å². The number of piperidine rings is 1. The first-order chi connectivity index (χ1) is 12.0. The molecule has 138 valence electrons. The van der Waals surface area contributed by atoms with E-state index in [2.05, 4.69) is 46.6 Å². The van der Waals surface area contributed by atoms with Gasteiger partial charge in [-0.25, -0.2) is 10.4 Å². The maximum Gasteiger partial charge on any atom is 0.124 e. The van der Waals surface area contributed by atoms with Crippen LogP contribution in [-0.4, -0.2) is 46.6 Å². The number of nitrogens with one attached hydrogen (secondary N) is 2. The monoisotopic (exact) mass is 381 g/mol. The molecule has 0 spiro atoms. The second kappa shape index (κ2) is 7.00. The fourth-order valence-electron chi connectivity index (χ4n) is 4.06. The molecule has 7 heteroatoms. The number of hydrogen-bond acceptors (Lipinski definition) is 6. The summed E-state index contributed by atoms with van der Waals surface area (Å²) in [6.45, 7) is 7.59. The van der Waals surface area contributed by atoms with Crippen LogP contribution in [0.5, 0.6) is 0 Å². The van der Waals surface area contributed by atoms with Gasteiger partial charge in [0.05, 0.1) is 6.04 Å². The first-order valence-electron chi connectivity index (χ1n) is 9.15. The average Bonchev–Trinajstić information content (AvgIpc) is 3.16. The van der Waals surface area contributed by atoms with Crippen LogP contribution in [0.15, 0.2) is 24.3 Å². The maximum absolute atomic E-state index is 6.41. The molecular weight excluding hydrogens is 354 g/mol. The van der Waals surface area contributed by atoms with Crippen molar-refractivity contribution in [1.82, 2.24) is 20.7 Å². The van der Waals surface area contributed by atoms with E-state index in [0.29, 0.717) is 17.0 Å². The number of hydrogen-bond donors (Lipinski definition) is 3. The summed E-state index contributed by atoms with van der Waals surface area (Å²) < 4.78 is 0. The molecule has 0 saturated carbocycles. The van der Waals surface area contributed by atoms with E-state index in [0.717, 1.165) is 24.7 Å². The van der Waals surface area contributed by atoms with Crippen LogP contribution in [-0.2, 0) is 0 Å². The van der Waals surface area contributed by atoms with Crippen molar-refractivity contribution >= 4 is 23.4 Å². The summed E-state index contributed by atoms with van der Waals surface area (Å²) in [6, 6.07) is 8.74. The van der Waals surface area contributed by atoms with E-state index in [9.17, 15) is 0 Å². The third kappa shape index (κ3) is 3.34. The van der Waals surface area contributed by atoms with Crippen LogP contribution < -0.4 is 16.5 Å². The quantitative estimate of drug-likeness (QED) is 0.748. The number of likely N-dealkylation sites (tertiary alicyclic amines) is 1. The fourth-order valence-corrected chi connectivity index (χ4v) is 5.74. The minimum Gasteiger partial charge on any atom is -0.330 e. The maximum atomic E-state index is 6.41. The summed E-state index contributed by atoms with van der Waals surface area (Å²) in [4.78, 5) is 2.55. The number of rotatable bonds is 3. The highest BCUT2D eigenvalue weighted by Crippen LogP contribution is 2.41. The van der Waals surface area contributed by atoms with E-state index >= 15 is 0 Å². The molecule has 0 aromatic heterocycles. The Morgan fingerprint density at radius 3 is 2.64 bits per heavy atom. The zero-order valence-electron chi connectivity index (χ0n) is 14.9. The largest absolute Gasteiger partial charge is 0.330 e. The van der Waals surface area contributed by atoms with Gasteiger partial charge in [-0.05, 0) is 43.4 Å². The molecule has 3 aliphatic rings. The molecule has 3 aliphatic heterocycles. The van der Waals surface area contributed by atoms with E-state index in [1.807, 2.05) is 23.9 Å². The Bertz CT molecular complexity index is 621. The van der Waals surface area contributed by atoms with Gasteiger partial charge in [-0.1, -0.05) is 48.5 Å². The lowest BCUT2D eigenvalue weighted by atomic mass is 9.81. The summed E-state index contributed by atoms with van der Waals surface area (Å²) >= 11 is 8.37. The van der Waals surface area contributed by atoms with E-state index in [-0.39, 0.29) is 11.5 Å². The third-order valence-corrected chi connectivity index (χ3v) is 7.71.